The van der Waals surface area contributed by atoms with Crippen molar-refractivity contribution in [2.24, 2.45) is 0 Å². The molecule has 0 radical (unpaired) electrons. The molecule has 4 heteroatoms. The summed E-state index contributed by atoms with van der Waals surface area (Å²) in [4.78, 5) is 0. The molecule has 0 aliphatic rings. The third-order valence-corrected chi connectivity index (χ3v) is 0. The molecule has 0 fully saturated rings. The molecule has 0 saturated heterocycles. The SMILES string of the molecule is [Ca+2].[Ca+2].[Ca+2].[H-].[H-].[H-].[H-].[H-].[H-].[Ti]. The third-order valence-electron chi connectivity index (χ3n) is 0. The van der Waals surface area contributed by atoms with Gasteiger partial charge in [0.05, 0.1) is 0 Å². The molecule has 0 aliphatic carbocycles. The first-order valence-corrected chi connectivity index (χ1v) is 0. The van der Waals surface area contributed by atoms with Crippen LogP contribution in [-0.4, -0.2) is 113 Å². The Labute approximate surface area is 140 Å². The second-order valence-electron chi connectivity index (χ2n) is 0. The molecule has 0 rings (SSSR count). The molecule has 0 aliphatic heterocycles. The molecule has 0 atom stereocenters. The summed E-state index contributed by atoms with van der Waals surface area (Å²) in [5.74, 6) is 0. The quantitative estimate of drug-likeness (QED) is 0.435. The standard InChI is InChI=1S/3Ca.Ti.6H/q3*+2;;6*-1. The van der Waals surface area contributed by atoms with Crippen molar-refractivity contribution < 1.29 is 30.3 Å². The van der Waals surface area contributed by atoms with Crippen molar-refractivity contribution in [1.82, 2.24) is 0 Å². The first-order chi connectivity index (χ1) is 0. The molecule has 0 aromatic heterocycles. The Morgan fingerprint density at radius 3 is 0.750 bits per heavy atom. The van der Waals surface area contributed by atoms with Crippen LogP contribution in [0.3, 0.4) is 0 Å². The first-order valence-electron chi connectivity index (χ1n) is 0. The summed E-state index contributed by atoms with van der Waals surface area (Å²) < 4.78 is 0. The normalized spacial score (nSPS) is 0. The summed E-state index contributed by atoms with van der Waals surface area (Å²) in [5.41, 5.74) is 0. The number of hydrogen-bond acceptors (Lipinski definition) is 0. The van der Waals surface area contributed by atoms with Crippen LogP contribution >= 0.6 is 0 Å². The Kier molecular flexibility index (Phi) is 92.4. The first kappa shape index (κ1) is 23.6. The summed E-state index contributed by atoms with van der Waals surface area (Å²) in [5, 5.41) is 0. The largest absolute Gasteiger partial charge is 2.00 e. The molecule has 0 spiro atoms. The van der Waals surface area contributed by atoms with E-state index in [0.29, 0.717) is 0 Å². The zero-order valence-corrected chi connectivity index (χ0v) is 10.8. The summed E-state index contributed by atoms with van der Waals surface area (Å²) in [6, 6.07) is 0. The fourth-order valence-electron chi connectivity index (χ4n) is 0. The van der Waals surface area contributed by atoms with Crippen LogP contribution in [0.25, 0.3) is 0 Å². The average molecular weight is 174 g/mol. The average Bonchev–Trinajstić information content (AvgIpc) is 0. The van der Waals surface area contributed by atoms with Crippen molar-refractivity contribution >= 4 is 113 Å². The molecule has 0 amide bonds. The van der Waals surface area contributed by atoms with Gasteiger partial charge in [-0.25, -0.2) is 0 Å². The molecule has 0 aromatic carbocycles. The molecule has 0 saturated carbocycles. The van der Waals surface area contributed by atoms with E-state index in [1.54, 1.807) is 0 Å². The summed E-state index contributed by atoms with van der Waals surface area (Å²) >= 11 is 0. The maximum Gasteiger partial charge on any atom is 2.00 e. The Morgan fingerprint density at radius 1 is 0.750 bits per heavy atom. The maximum absolute atomic E-state index is 0. The van der Waals surface area contributed by atoms with Crippen LogP contribution in [0, 0.1) is 0 Å². The smallest absolute Gasteiger partial charge is 1.00 e. The minimum Gasteiger partial charge on any atom is -1.00 e. The second kappa shape index (κ2) is 15.6. The van der Waals surface area contributed by atoms with Crippen LogP contribution in [0.1, 0.15) is 8.56 Å². The minimum absolute atomic E-state index is 0. The molecule has 0 bridgehead atoms. The molecular formula is H6Ca3Ti. The molecule has 0 heterocycles. The van der Waals surface area contributed by atoms with Crippen molar-refractivity contribution in [2.45, 2.75) is 0 Å². The molecule has 0 nitrogen and oxygen atoms in total. The van der Waals surface area contributed by atoms with Gasteiger partial charge in [-0.2, -0.15) is 0 Å². The fourth-order valence-corrected chi connectivity index (χ4v) is 0. The summed E-state index contributed by atoms with van der Waals surface area (Å²) in [6.45, 7) is 0. The summed E-state index contributed by atoms with van der Waals surface area (Å²) in [7, 11) is 0. The molecule has 16 valence electrons. The van der Waals surface area contributed by atoms with Crippen LogP contribution in [-0.2, 0) is 21.7 Å². The Bertz CT molecular complexity index is 13.0. The predicted octanol–water partition coefficient (Wildman–Crippen LogP) is -0.470. The van der Waals surface area contributed by atoms with Crippen molar-refractivity contribution in [2.75, 3.05) is 0 Å². The van der Waals surface area contributed by atoms with E-state index in [0.717, 1.165) is 0 Å². The molecule has 0 unspecified atom stereocenters. The monoisotopic (exact) mass is 174 g/mol. The number of hydrogen-bond donors (Lipinski definition) is 0. The molecule has 0 aromatic rings. The Balaban J connectivity index is 0. The van der Waals surface area contributed by atoms with Crippen LogP contribution in [0.5, 0.6) is 0 Å². The van der Waals surface area contributed by atoms with Crippen molar-refractivity contribution in [3.8, 4) is 0 Å². The van der Waals surface area contributed by atoms with Gasteiger partial charge in [0.1, 0.15) is 0 Å². The van der Waals surface area contributed by atoms with Gasteiger partial charge in [0, 0.05) is 21.7 Å². The van der Waals surface area contributed by atoms with E-state index >= 15 is 0 Å². The Hall–Kier alpha value is 4.49. The minimum atomic E-state index is 0. The van der Waals surface area contributed by atoms with Gasteiger partial charge in [-0.15, -0.1) is 0 Å². The van der Waals surface area contributed by atoms with E-state index < -0.39 is 0 Å². The zero-order chi connectivity index (χ0) is 0. The van der Waals surface area contributed by atoms with E-state index in [2.05, 4.69) is 0 Å². The predicted molar refractivity (Wildman–Crippen MR) is 23.9 cm³/mol. The van der Waals surface area contributed by atoms with Crippen LogP contribution < -0.4 is 0 Å². The van der Waals surface area contributed by atoms with Crippen LogP contribution in [0.2, 0.25) is 0 Å². The van der Waals surface area contributed by atoms with Gasteiger partial charge in [0.2, 0.25) is 0 Å². The second-order valence-corrected chi connectivity index (χ2v) is 0. The van der Waals surface area contributed by atoms with Gasteiger partial charge in [-0.1, -0.05) is 0 Å². The van der Waals surface area contributed by atoms with Gasteiger partial charge in [0.15, 0.2) is 0 Å². The molecule has 0 N–H and O–H groups in total. The summed E-state index contributed by atoms with van der Waals surface area (Å²) in [6.07, 6.45) is 0. The molecular weight excluding hydrogens is 168 g/mol. The van der Waals surface area contributed by atoms with Crippen molar-refractivity contribution in [3.05, 3.63) is 0 Å². The van der Waals surface area contributed by atoms with E-state index in [-0.39, 0.29) is 143 Å². The topological polar surface area (TPSA) is 0 Å². The third kappa shape index (κ3) is 9.71. The van der Waals surface area contributed by atoms with Crippen molar-refractivity contribution in [1.29, 1.82) is 0 Å². The maximum atomic E-state index is 0. The van der Waals surface area contributed by atoms with Gasteiger partial charge >= 0.3 is 113 Å². The van der Waals surface area contributed by atoms with Gasteiger partial charge < -0.3 is 8.56 Å². The molecule has 4 heavy (non-hydrogen) atoms. The van der Waals surface area contributed by atoms with Gasteiger partial charge in [-0.3, -0.25) is 0 Å². The van der Waals surface area contributed by atoms with E-state index in [9.17, 15) is 0 Å². The Morgan fingerprint density at radius 2 is 0.750 bits per heavy atom. The van der Waals surface area contributed by atoms with Gasteiger partial charge in [-0.05, 0) is 0 Å². The number of rotatable bonds is 0. The van der Waals surface area contributed by atoms with E-state index in [4.69, 9.17) is 0 Å². The van der Waals surface area contributed by atoms with Crippen molar-refractivity contribution in [3.63, 3.8) is 0 Å². The van der Waals surface area contributed by atoms with Crippen LogP contribution in [0.15, 0.2) is 0 Å². The van der Waals surface area contributed by atoms with E-state index in [1.165, 1.54) is 0 Å². The van der Waals surface area contributed by atoms with Crippen LogP contribution in [0.4, 0.5) is 0 Å². The van der Waals surface area contributed by atoms with E-state index in [1.807, 2.05) is 0 Å². The van der Waals surface area contributed by atoms with Gasteiger partial charge in [0.25, 0.3) is 0 Å². The zero-order valence-electron chi connectivity index (χ0n) is 8.62. The fraction of sp³-hybridized carbons (Fsp3) is 0.